The number of anilines is 3. The molecule has 0 spiro atoms. The van der Waals surface area contributed by atoms with Crippen molar-refractivity contribution in [3.63, 3.8) is 0 Å². The molecule has 0 radical (unpaired) electrons. The van der Waals surface area contributed by atoms with Crippen molar-refractivity contribution in [2.45, 2.75) is 26.2 Å². The summed E-state index contributed by atoms with van der Waals surface area (Å²) in [7, 11) is 0. The fraction of sp³-hybridized carbons (Fsp3) is 0.273. The zero-order valence-corrected chi connectivity index (χ0v) is 18.5. The van der Waals surface area contributed by atoms with Crippen LogP contribution in [-0.4, -0.2) is 40.4 Å². The summed E-state index contributed by atoms with van der Waals surface area (Å²) in [5, 5.41) is 4.15. The number of carbonyl (C=O) groups is 2. The number of urea groups is 1. The van der Waals surface area contributed by atoms with Gasteiger partial charge in [0.05, 0.1) is 21.9 Å². The Labute approximate surface area is 190 Å². The molecule has 7 nitrogen and oxygen atoms in total. The fourth-order valence-corrected chi connectivity index (χ4v) is 4.34. The van der Waals surface area contributed by atoms with E-state index in [1.807, 2.05) is 17.9 Å². The lowest BCUT2D eigenvalue weighted by Crippen LogP contribution is -2.38. The Hall–Kier alpha value is -2.90. The maximum atomic E-state index is 12.8. The zero-order chi connectivity index (χ0) is 22.0. The van der Waals surface area contributed by atoms with Gasteiger partial charge in [0.1, 0.15) is 5.69 Å². The summed E-state index contributed by atoms with van der Waals surface area (Å²) < 4.78 is 0. The van der Waals surface area contributed by atoms with Crippen molar-refractivity contribution in [3.8, 4) is 0 Å². The van der Waals surface area contributed by atoms with Gasteiger partial charge in [-0.05, 0) is 43.9 Å². The number of rotatable bonds is 4. The first kappa shape index (κ1) is 21.3. The van der Waals surface area contributed by atoms with E-state index in [4.69, 9.17) is 23.2 Å². The summed E-state index contributed by atoms with van der Waals surface area (Å²) in [5.41, 5.74) is 2.78. The van der Waals surface area contributed by atoms with Crippen molar-refractivity contribution in [2.24, 2.45) is 0 Å². The number of halogens is 2. The molecule has 9 heteroatoms. The number of hydrogen-bond acceptors (Lipinski definition) is 4. The summed E-state index contributed by atoms with van der Waals surface area (Å²) in [6.45, 7) is 3.38. The Bertz CT molecular complexity index is 1130. The van der Waals surface area contributed by atoms with E-state index >= 15 is 0 Å². The van der Waals surface area contributed by atoms with Crippen molar-refractivity contribution in [2.75, 3.05) is 23.3 Å². The molecule has 1 aromatic carbocycles. The summed E-state index contributed by atoms with van der Waals surface area (Å²) >= 11 is 12.5. The second-order valence-electron chi connectivity index (χ2n) is 7.37. The van der Waals surface area contributed by atoms with Gasteiger partial charge < -0.3 is 10.2 Å². The van der Waals surface area contributed by atoms with Crippen LogP contribution < -0.4 is 10.2 Å². The number of benzene rings is 1. The molecule has 3 aromatic rings. The third-order valence-corrected chi connectivity index (χ3v) is 5.96. The molecule has 1 saturated heterocycles. The molecule has 0 bridgehead atoms. The van der Waals surface area contributed by atoms with Crippen LogP contribution in [0.4, 0.5) is 21.9 Å². The smallest absolute Gasteiger partial charge is 0.321 e. The molecule has 0 saturated carbocycles. The van der Waals surface area contributed by atoms with Crippen LogP contribution in [0.15, 0.2) is 36.7 Å². The molecule has 0 unspecified atom stereocenters. The van der Waals surface area contributed by atoms with Gasteiger partial charge in [0.25, 0.3) is 0 Å². The number of likely N-dealkylation sites (tertiary alicyclic amines) is 1. The zero-order valence-electron chi connectivity index (χ0n) is 16.9. The number of aryl methyl sites for hydroxylation is 1. The highest BCUT2D eigenvalue weighted by Crippen LogP contribution is 2.39. The van der Waals surface area contributed by atoms with Gasteiger partial charge >= 0.3 is 6.03 Å². The number of piperidine rings is 1. The second kappa shape index (κ2) is 9.08. The summed E-state index contributed by atoms with van der Waals surface area (Å²) in [4.78, 5) is 36.6. The lowest BCUT2D eigenvalue weighted by Gasteiger charge is -2.27. The molecule has 0 atom stereocenters. The quantitative estimate of drug-likeness (QED) is 0.410. The van der Waals surface area contributed by atoms with Gasteiger partial charge in [-0.3, -0.25) is 14.7 Å². The topological polar surface area (TPSA) is 78.4 Å². The van der Waals surface area contributed by atoms with Crippen LogP contribution in [0.5, 0.6) is 0 Å². The van der Waals surface area contributed by atoms with Gasteiger partial charge in [-0.2, -0.15) is 0 Å². The molecule has 160 valence electrons. The van der Waals surface area contributed by atoms with Crippen LogP contribution in [0.2, 0.25) is 10.2 Å². The molecule has 2 aromatic heterocycles. The van der Waals surface area contributed by atoms with Crippen LogP contribution in [0, 0.1) is 6.92 Å². The molecular weight excluding hydrogens is 437 g/mol. The highest BCUT2D eigenvalue weighted by atomic mass is 35.5. The minimum absolute atomic E-state index is 0.0994. The molecule has 1 aliphatic heterocycles. The Morgan fingerprint density at radius 2 is 1.94 bits per heavy atom. The van der Waals surface area contributed by atoms with Gasteiger partial charge in [0.15, 0.2) is 5.15 Å². The number of nitrogens with one attached hydrogen (secondary N) is 1. The first-order chi connectivity index (χ1) is 15.0. The molecule has 3 heterocycles. The Balaban J connectivity index is 1.79. The van der Waals surface area contributed by atoms with E-state index < -0.39 is 0 Å². The number of para-hydroxylation sites is 1. The van der Waals surface area contributed by atoms with Crippen molar-refractivity contribution < 1.29 is 9.59 Å². The monoisotopic (exact) mass is 457 g/mol. The standard InChI is InChI=1S/C22H21Cl2N5O2/c1-14-12-26-19-15(18(14)27-22(31)28-10-3-2-4-11-28)6-5-7-17(19)29(13-30)20-16(23)8-9-25-21(20)24/h5-9,12-13H,2-4,10-11H2,1H3,(H,26,27,31). The molecule has 3 amide bonds. The second-order valence-corrected chi connectivity index (χ2v) is 8.14. The van der Waals surface area contributed by atoms with Crippen molar-refractivity contribution >= 4 is 63.6 Å². The van der Waals surface area contributed by atoms with E-state index in [0.717, 1.165) is 37.9 Å². The van der Waals surface area contributed by atoms with Crippen molar-refractivity contribution in [1.29, 1.82) is 0 Å². The van der Waals surface area contributed by atoms with Gasteiger partial charge in [0, 0.05) is 30.9 Å². The van der Waals surface area contributed by atoms with Crippen LogP contribution in [0.3, 0.4) is 0 Å². The van der Waals surface area contributed by atoms with E-state index in [-0.39, 0.29) is 21.9 Å². The largest absolute Gasteiger partial charge is 0.325 e. The Morgan fingerprint density at radius 3 is 2.65 bits per heavy atom. The number of carbonyl (C=O) groups excluding carboxylic acids is 2. The number of amides is 3. The predicted molar refractivity (Wildman–Crippen MR) is 123 cm³/mol. The summed E-state index contributed by atoms with van der Waals surface area (Å²) in [5.74, 6) is 0. The third kappa shape index (κ3) is 4.16. The highest BCUT2D eigenvalue weighted by Gasteiger charge is 2.22. The van der Waals surface area contributed by atoms with Gasteiger partial charge in [0.2, 0.25) is 6.41 Å². The van der Waals surface area contributed by atoms with Crippen molar-refractivity contribution in [1.82, 2.24) is 14.9 Å². The Kier molecular flexibility index (Phi) is 6.25. The molecule has 31 heavy (non-hydrogen) atoms. The first-order valence-electron chi connectivity index (χ1n) is 10.00. The van der Waals surface area contributed by atoms with E-state index in [1.165, 1.54) is 11.1 Å². The van der Waals surface area contributed by atoms with Gasteiger partial charge in [-0.1, -0.05) is 35.3 Å². The van der Waals surface area contributed by atoms with Gasteiger partial charge in [-0.25, -0.2) is 9.78 Å². The number of pyridine rings is 2. The third-order valence-electron chi connectivity index (χ3n) is 5.38. The molecular formula is C22H21Cl2N5O2. The van der Waals surface area contributed by atoms with E-state index in [9.17, 15) is 9.59 Å². The molecule has 0 aliphatic carbocycles. The predicted octanol–water partition coefficient (Wildman–Crippen LogP) is 5.56. The number of hydrogen-bond donors (Lipinski definition) is 1. The molecule has 1 fully saturated rings. The summed E-state index contributed by atoms with van der Waals surface area (Å²) in [6, 6.07) is 6.83. The minimum Gasteiger partial charge on any atom is -0.325 e. The number of nitrogens with zero attached hydrogens (tertiary/aromatic N) is 4. The maximum absolute atomic E-state index is 12.8. The van der Waals surface area contributed by atoms with Crippen LogP contribution in [0.25, 0.3) is 10.9 Å². The lowest BCUT2D eigenvalue weighted by molar-refractivity contribution is -0.106. The molecule has 1 N–H and O–H groups in total. The van der Waals surface area contributed by atoms with Gasteiger partial charge in [-0.15, -0.1) is 0 Å². The highest BCUT2D eigenvalue weighted by molar-refractivity contribution is 6.39. The summed E-state index contributed by atoms with van der Waals surface area (Å²) in [6.07, 6.45) is 6.93. The average molecular weight is 458 g/mol. The lowest BCUT2D eigenvalue weighted by atomic mass is 10.1. The first-order valence-corrected chi connectivity index (χ1v) is 10.8. The van der Waals surface area contributed by atoms with Crippen molar-refractivity contribution in [3.05, 3.63) is 52.4 Å². The Morgan fingerprint density at radius 1 is 1.16 bits per heavy atom. The van der Waals surface area contributed by atoms with E-state index in [0.29, 0.717) is 28.7 Å². The average Bonchev–Trinajstić information content (AvgIpc) is 2.78. The molecule has 1 aliphatic rings. The normalized spacial score (nSPS) is 13.8. The number of aromatic nitrogens is 2. The van der Waals surface area contributed by atoms with Crippen LogP contribution >= 0.6 is 23.2 Å². The maximum Gasteiger partial charge on any atom is 0.321 e. The van der Waals surface area contributed by atoms with E-state index in [2.05, 4.69) is 15.3 Å². The van der Waals surface area contributed by atoms with Crippen LogP contribution in [-0.2, 0) is 4.79 Å². The van der Waals surface area contributed by atoms with E-state index in [1.54, 1.807) is 24.4 Å². The minimum atomic E-state index is -0.133. The number of fused-ring (bicyclic) bond motifs is 1. The SMILES string of the molecule is Cc1cnc2c(N(C=O)c3c(Cl)ccnc3Cl)cccc2c1NC(=O)N1CCCCC1. The fourth-order valence-electron chi connectivity index (χ4n) is 3.80. The van der Waals surface area contributed by atoms with Crippen LogP contribution in [0.1, 0.15) is 24.8 Å². The molecule has 4 rings (SSSR count).